The van der Waals surface area contributed by atoms with Gasteiger partial charge >= 0.3 is 6.18 Å². The molecule has 2 aromatic rings. The molecule has 0 radical (unpaired) electrons. The summed E-state index contributed by atoms with van der Waals surface area (Å²) >= 11 is 0. The molecule has 2 fully saturated rings. The predicted molar refractivity (Wildman–Crippen MR) is 90.8 cm³/mol. The number of rotatable bonds is 5. The van der Waals surface area contributed by atoms with E-state index in [9.17, 15) is 21.6 Å². The fourth-order valence-electron chi connectivity index (χ4n) is 3.50. The van der Waals surface area contributed by atoms with Gasteiger partial charge in [0.25, 0.3) is 0 Å². The van der Waals surface area contributed by atoms with Crippen molar-refractivity contribution < 1.29 is 26.1 Å². The van der Waals surface area contributed by atoms with E-state index in [1.54, 1.807) is 0 Å². The number of hydrogen-bond donors (Lipinski definition) is 0. The van der Waals surface area contributed by atoms with Gasteiger partial charge in [0.2, 0.25) is 10.0 Å². The molecule has 1 saturated heterocycles. The van der Waals surface area contributed by atoms with Crippen LogP contribution in [0.1, 0.15) is 31.4 Å². The summed E-state index contributed by atoms with van der Waals surface area (Å²) in [5.41, 5.74) is -0.976. The summed E-state index contributed by atoms with van der Waals surface area (Å²) in [6, 6.07) is 1.01. The third-order valence-corrected chi connectivity index (χ3v) is 6.85. The maximum absolute atomic E-state index is 13.0. The molecule has 12 heteroatoms. The van der Waals surface area contributed by atoms with Crippen molar-refractivity contribution in [2.45, 2.75) is 48.8 Å². The van der Waals surface area contributed by atoms with Gasteiger partial charge in [-0.25, -0.2) is 18.4 Å². The Balaban J connectivity index is 1.51. The summed E-state index contributed by atoms with van der Waals surface area (Å²) in [6.07, 6.45) is 1.37. The average molecular weight is 417 g/mol. The van der Waals surface area contributed by atoms with Crippen LogP contribution in [0.3, 0.4) is 0 Å². The first-order chi connectivity index (χ1) is 13.3. The maximum Gasteiger partial charge on any atom is 0.433 e. The van der Waals surface area contributed by atoms with Gasteiger partial charge in [0.15, 0.2) is 0 Å². The minimum Gasteiger partial charge on any atom is -0.363 e. The van der Waals surface area contributed by atoms with E-state index in [-0.39, 0.29) is 35.9 Å². The van der Waals surface area contributed by atoms with E-state index in [0.29, 0.717) is 12.8 Å². The van der Waals surface area contributed by atoms with Crippen molar-refractivity contribution in [3.05, 3.63) is 30.5 Å². The molecule has 2 aromatic heterocycles. The Labute approximate surface area is 159 Å². The van der Waals surface area contributed by atoms with Crippen LogP contribution in [0.5, 0.6) is 0 Å². The molecule has 0 atom stereocenters. The molecule has 152 valence electrons. The van der Waals surface area contributed by atoms with Gasteiger partial charge in [-0.1, -0.05) is 5.16 Å². The van der Waals surface area contributed by atoms with Crippen LogP contribution in [-0.2, 0) is 16.2 Å². The smallest absolute Gasteiger partial charge is 0.363 e. The minimum atomic E-state index is -4.54. The number of alkyl halides is 3. The second-order valence-corrected chi connectivity index (χ2v) is 8.83. The van der Waals surface area contributed by atoms with Crippen LogP contribution in [-0.4, -0.2) is 53.0 Å². The number of piperidine rings is 1. The van der Waals surface area contributed by atoms with Gasteiger partial charge in [-0.15, -0.1) is 0 Å². The van der Waals surface area contributed by atoms with Gasteiger partial charge < -0.3 is 9.42 Å². The van der Waals surface area contributed by atoms with Crippen LogP contribution in [0.25, 0.3) is 0 Å². The molecule has 1 aliphatic carbocycles. The van der Waals surface area contributed by atoms with Crippen LogP contribution in [0.15, 0.2) is 34.3 Å². The van der Waals surface area contributed by atoms with E-state index in [1.165, 1.54) is 4.31 Å². The average Bonchev–Trinajstić information content (AvgIpc) is 3.32. The van der Waals surface area contributed by atoms with Crippen LogP contribution in [0, 0.1) is 0 Å². The zero-order valence-electron chi connectivity index (χ0n) is 14.7. The van der Waals surface area contributed by atoms with Gasteiger partial charge in [-0.3, -0.25) is 0 Å². The molecular formula is C16H18F3N5O3S. The molecule has 0 unspecified atom stereocenters. The molecule has 0 aromatic carbocycles. The zero-order chi connectivity index (χ0) is 19.9. The molecule has 1 aliphatic heterocycles. The Morgan fingerprint density at radius 3 is 2.36 bits per heavy atom. The van der Waals surface area contributed by atoms with Crippen LogP contribution >= 0.6 is 0 Å². The normalized spacial score (nSPS) is 19.7. The van der Waals surface area contributed by atoms with Gasteiger partial charge in [0.1, 0.15) is 29.0 Å². The van der Waals surface area contributed by atoms with E-state index in [0.717, 1.165) is 37.7 Å². The Morgan fingerprint density at radius 1 is 1.11 bits per heavy atom. The number of hydrogen-bond acceptors (Lipinski definition) is 7. The number of anilines is 1. The van der Waals surface area contributed by atoms with Crippen LogP contribution in [0.4, 0.5) is 19.0 Å². The lowest BCUT2D eigenvalue weighted by atomic mass is 10.0. The van der Waals surface area contributed by atoms with Crippen molar-refractivity contribution in [1.82, 2.24) is 19.4 Å². The van der Waals surface area contributed by atoms with Crippen molar-refractivity contribution in [1.29, 1.82) is 0 Å². The quantitative estimate of drug-likeness (QED) is 0.737. The highest BCUT2D eigenvalue weighted by molar-refractivity contribution is 7.89. The molecule has 28 heavy (non-hydrogen) atoms. The molecule has 1 saturated carbocycles. The predicted octanol–water partition coefficient (Wildman–Crippen LogP) is 2.31. The van der Waals surface area contributed by atoms with Crippen molar-refractivity contribution in [3.63, 3.8) is 0 Å². The first kappa shape index (κ1) is 19.1. The molecule has 4 rings (SSSR count). The van der Waals surface area contributed by atoms with Crippen LogP contribution < -0.4 is 4.90 Å². The highest BCUT2D eigenvalue weighted by atomic mass is 32.2. The largest absolute Gasteiger partial charge is 0.433 e. The third-order valence-electron chi connectivity index (χ3n) is 5.01. The third kappa shape index (κ3) is 3.70. The van der Waals surface area contributed by atoms with Gasteiger partial charge in [0, 0.05) is 31.2 Å². The van der Waals surface area contributed by atoms with Gasteiger partial charge in [-0.05, 0) is 25.7 Å². The lowest BCUT2D eigenvalue weighted by molar-refractivity contribution is -0.141. The highest BCUT2D eigenvalue weighted by Gasteiger charge is 2.40. The van der Waals surface area contributed by atoms with E-state index in [2.05, 4.69) is 19.6 Å². The molecule has 0 N–H and O–H groups in total. The number of halogens is 3. The van der Waals surface area contributed by atoms with E-state index < -0.39 is 21.9 Å². The summed E-state index contributed by atoms with van der Waals surface area (Å²) in [6.45, 7) is 0.525. The Bertz CT molecular complexity index is 923. The molecule has 0 spiro atoms. The summed E-state index contributed by atoms with van der Waals surface area (Å²) in [7, 11) is -3.68. The summed E-state index contributed by atoms with van der Waals surface area (Å²) in [5, 5.41) is 3.43. The minimum absolute atomic E-state index is 0.00406. The van der Waals surface area contributed by atoms with Gasteiger partial charge in [-0.2, -0.15) is 17.5 Å². The number of sulfonamides is 1. The second-order valence-electron chi connectivity index (χ2n) is 6.89. The Hall–Kier alpha value is -2.21. The van der Waals surface area contributed by atoms with E-state index in [1.807, 2.05) is 4.90 Å². The molecule has 3 heterocycles. The lowest BCUT2D eigenvalue weighted by Crippen LogP contribution is -2.48. The lowest BCUT2D eigenvalue weighted by Gasteiger charge is -2.38. The fourth-order valence-corrected chi connectivity index (χ4v) is 4.83. The molecule has 0 amide bonds. The zero-order valence-corrected chi connectivity index (χ0v) is 15.5. The van der Waals surface area contributed by atoms with Crippen molar-refractivity contribution in [2.75, 3.05) is 18.0 Å². The van der Waals surface area contributed by atoms with Crippen LogP contribution in [0.2, 0.25) is 0 Å². The first-order valence-corrected chi connectivity index (χ1v) is 10.3. The number of nitrogens with zero attached hydrogens (tertiary/aromatic N) is 5. The summed E-state index contributed by atoms with van der Waals surface area (Å²) in [5.74, 6) is 0.241. The number of aromatic nitrogens is 3. The summed E-state index contributed by atoms with van der Waals surface area (Å²) < 4.78 is 70.1. The van der Waals surface area contributed by atoms with Crippen molar-refractivity contribution in [3.8, 4) is 0 Å². The standard InChI is InChI=1S/C16H18F3N5O3S/c17-16(18,19)14-7-15(21-10-20-14)24(11-1-2-11)12-3-5-23(6-4-12)28(25,26)13-8-22-27-9-13/h7-12H,1-6H2. The molecule has 0 bridgehead atoms. The fraction of sp³-hybridized carbons (Fsp3) is 0.562. The molecular weight excluding hydrogens is 399 g/mol. The molecule has 8 nitrogen and oxygen atoms in total. The highest BCUT2D eigenvalue weighted by Crippen LogP contribution is 2.37. The van der Waals surface area contributed by atoms with Gasteiger partial charge in [0.05, 0.1) is 6.20 Å². The monoisotopic (exact) mass is 417 g/mol. The van der Waals surface area contributed by atoms with E-state index in [4.69, 9.17) is 0 Å². The Morgan fingerprint density at radius 2 is 1.79 bits per heavy atom. The summed E-state index contributed by atoms with van der Waals surface area (Å²) in [4.78, 5) is 9.29. The maximum atomic E-state index is 13.0. The van der Waals surface area contributed by atoms with Crippen molar-refractivity contribution in [2.24, 2.45) is 0 Å². The Kier molecular flexibility index (Phi) is 4.78. The van der Waals surface area contributed by atoms with Crippen molar-refractivity contribution >= 4 is 15.8 Å². The SMILES string of the molecule is O=S(=O)(c1cnoc1)N1CCC(N(c2cc(C(F)(F)F)ncn2)C2CC2)CC1. The second kappa shape index (κ2) is 6.99. The van der Waals surface area contributed by atoms with E-state index >= 15 is 0 Å². The first-order valence-electron chi connectivity index (χ1n) is 8.84. The molecule has 2 aliphatic rings. The topological polar surface area (TPSA) is 92.4 Å².